The quantitative estimate of drug-likeness (QED) is 0.675. The first-order chi connectivity index (χ1) is 12.5. The van der Waals surface area contributed by atoms with Crippen LogP contribution in [0.1, 0.15) is 9.80 Å². The fraction of sp³-hybridized carbons (Fsp3) is 0.167. The summed E-state index contributed by atoms with van der Waals surface area (Å²) in [6.07, 6.45) is 0. The van der Waals surface area contributed by atoms with E-state index in [0.29, 0.717) is 16.4 Å². The van der Waals surface area contributed by atoms with Crippen molar-refractivity contribution in [1.82, 2.24) is 10.3 Å². The maximum absolute atomic E-state index is 12.7. The summed E-state index contributed by atoms with van der Waals surface area (Å²) in [6, 6.07) is 12.1. The Labute approximate surface area is 161 Å². The number of halogens is 1. The third-order valence-electron chi connectivity index (χ3n) is 4.13. The second-order valence-electron chi connectivity index (χ2n) is 5.81. The lowest BCUT2D eigenvalue weighted by Crippen LogP contribution is -2.49. The van der Waals surface area contributed by atoms with Crippen molar-refractivity contribution in [1.29, 1.82) is 0 Å². The van der Waals surface area contributed by atoms with E-state index in [-0.39, 0.29) is 18.4 Å². The maximum atomic E-state index is 12.7. The maximum Gasteiger partial charge on any atom is 0.281 e. The zero-order valence-corrected chi connectivity index (χ0v) is 16.1. The zero-order chi connectivity index (χ0) is 18.3. The topological polar surface area (TPSA) is 71.5 Å². The van der Waals surface area contributed by atoms with E-state index in [0.717, 1.165) is 14.7 Å². The van der Waals surface area contributed by atoms with Crippen LogP contribution in [0.3, 0.4) is 0 Å². The smallest absolute Gasteiger partial charge is 0.281 e. The van der Waals surface area contributed by atoms with Gasteiger partial charge in [-0.15, -0.1) is 11.3 Å². The molecule has 3 aromatic rings. The SMILES string of the molecule is CN1C(=O)[C@@H](NC(=O)c2nc3cccc(Br)c3s2)COc2ccccc21. The summed E-state index contributed by atoms with van der Waals surface area (Å²) in [5, 5.41) is 3.06. The number of carbonyl (C=O) groups is 2. The number of nitrogens with one attached hydrogen (secondary N) is 1. The standard InChI is InChI=1S/C18H14BrN3O3S/c1-22-13-7-2-3-8-14(13)25-9-12(18(22)24)20-16(23)17-21-11-6-4-5-10(19)15(11)26-17/h2-8,12H,9H2,1H3,(H,20,23)/t12-/m0/s1. The summed E-state index contributed by atoms with van der Waals surface area (Å²) < 4.78 is 7.49. The molecule has 0 unspecified atom stereocenters. The molecule has 2 amide bonds. The average Bonchev–Trinajstić information content (AvgIpc) is 3.05. The van der Waals surface area contributed by atoms with Crippen LogP contribution < -0.4 is 15.0 Å². The second kappa shape index (κ2) is 6.69. The van der Waals surface area contributed by atoms with E-state index >= 15 is 0 Å². The molecule has 1 aliphatic heterocycles. The van der Waals surface area contributed by atoms with E-state index in [4.69, 9.17) is 4.74 Å². The molecule has 2 heterocycles. The summed E-state index contributed by atoms with van der Waals surface area (Å²) in [5.74, 6) is -0.00554. The van der Waals surface area contributed by atoms with Crippen LogP contribution in [0.5, 0.6) is 5.75 Å². The third kappa shape index (κ3) is 2.95. The minimum atomic E-state index is -0.782. The molecule has 0 radical (unpaired) electrons. The monoisotopic (exact) mass is 431 g/mol. The van der Waals surface area contributed by atoms with Crippen molar-refractivity contribution in [3.63, 3.8) is 0 Å². The molecule has 0 fully saturated rings. The first-order valence-corrected chi connectivity index (χ1v) is 9.51. The molecule has 8 heteroatoms. The summed E-state index contributed by atoms with van der Waals surface area (Å²) in [5.41, 5.74) is 1.42. The Morgan fingerprint density at radius 1 is 1.31 bits per heavy atom. The van der Waals surface area contributed by atoms with Gasteiger partial charge in [0, 0.05) is 11.5 Å². The van der Waals surface area contributed by atoms with Crippen molar-refractivity contribution in [3.8, 4) is 5.75 Å². The van der Waals surface area contributed by atoms with Crippen LogP contribution in [0.15, 0.2) is 46.9 Å². The lowest BCUT2D eigenvalue weighted by atomic mass is 10.2. The van der Waals surface area contributed by atoms with E-state index in [2.05, 4.69) is 26.2 Å². The third-order valence-corrected chi connectivity index (χ3v) is 6.15. The summed E-state index contributed by atoms with van der Waals surface area (Å²) in [6.45, 7) is 0.0700. The van der Waals surface area contributed by atoms with Crippen molar-refractivity contribution < 1.29 is 14.3 Å². The van der Waals surface area contributed by atoms with Crippen LogP contribution in [0.2, 0.25) is 0 Å². The molecule has 132 valence electrons. The van der Waals surface area contributed by atoms with Crippen molar-refractivity contribution in [2.75, 3.05) is 18.6 Å². The van der Waals surface area contributed by atoms with Crippen LogP contribution in [0.25, 0.3) is 10.2 Å². The van der Waals surface area contributed by atoms with Crippen LogP contribution in [-0.4, -0.2) is 36.5 Å². The number of para-hydroxylation sites is 2. The number of amides is 2. The number of hydrogen-bond donors (Lipinski definition) is 1. The number of anilines is 1. The van der Waals surface area contributed by atoms with Gasteiger partial charge in [0.25, 0.3) is 11.8 Å². The van der Waals surface area contributed by atoms with E-state index < -0.39 is 6.04 Å². The van der Waals surface area contributed by atoms with E-state index in [9.17, 15) is 9.59 Å². The molecule has 4 rings (SSSR count). The average molecular weight is 432 g/mol. The number of benzene rings is 2. The van der Waals surface area contributed by atoms with Crippen LogP contribution in [0, 0.1) is 0 Å². The Bertz CT molecular complexity index is 1020. The molecule has 0 bridgehead atoms. The van der Waals surface area contributed by atoms with Gasteiger partial charge in [-0.2, -0.15) is 0 Å². The number of hydrogen-bond acceptors (Lipinski definition) is 5. The molecular weight excluding hydrogens is 418 g/mol. The highest BCUT2D eigenvalue weighted by Gasteiger charge is 2.31. The van der Waals surface area contributed by atoms with Gasteiger partial charge in [-0.05, 0) is 40.2 Å². The molecule has 6 nitrogen and oxygen atoms in total. The van der Waals surface area contributed by atoms with Gasteiger partial charge in [-0.25, -0.2) is 4.98 Å². The number of aromatic nitrogens is 1. The summed E-state index contributed by atoms with van der Waals surface area (Å²) in [7, 11) is 1.67. The lowest BCUT2D eigenvalue weighted by Gasteiger charge is -2.19. The van der Waals surface area contributed by atoms with Crippen molar-refractivity contribution in [3.05, 3.63) is 51.9 Å². The number of ether oxygens (including phenoxy) is 1. The van der Waals surface area contributed by atoms with E-state index in [1.54, 1.807) is 13.1 Å². The van der Waals surface area contributed by atoms with Crippen molar-refractivity contribution in [2.45, 2.75) is 6.04 Å². The molecule has 0 aliphatic carbocycles. The molecule has 26 heavy (non-hydrogen) atoms. The number of likely N-dealkylation sites (N-methyl/N-ethyl adjacent to an activating group) is 1. The normalized spacial score (nSPS) is 16.8. The largest absolute Gasteiger partial charge is 0.489 e. The molecule has 0 spiro atoms. The van der Waals surface area contributed by atoms with Gasteiger partial charge in [0.1, 0.15) is 18.4 Å². The zero-order valence-electron chi connectivity index (χ0n) is 13.7. The Morgan fingerprint density at radius 3 is 2.92 bits per heavy atom. The molecule has 0 saturated carbocycles. The summed E-state index contributed by atoms with van der Waals surface area (Å²) in [4.78, 5) is 31.2. The van der Waals surface area contributed by atoms with Gasteiger partial charge in [0.2, 0.25) is 0 Å². The van der Waals surface area contributed by atoms with Crippen LogP contribution in [-0.2, 0) is 4.79 Å². The molecule has 2 aromatic carbocycles. The minimum absolute atomic E-state index is 0.0700. The Hall–Kier alpha value is -2.45. The molecule has 0 saturated heterocycles. The van der Waals surface area contributed by atoms with Crippen LogP contribution >= 0.6 is 27.3 Å². The van der Waals surface area contributed by atoms with E-state index in [1.165, 1.54) is 16.2 Å². The van der Waals surface area contributed by atoms with Gasteiger partial charge in [0.15, 0.2) is 5.01 Å². The van der Waals surface area contributed by atoms with Gasteiger partial charge in [-0.3, -0.25) is 9.59 Å². The number of thiazole rings is 1. The van der Waals surface area contributed by atoms with Crippen molar-refractivity contribution >= 4 is 55.0 Å². The van der Waals surface area contributed by atoms with Gasteiger partial charge < -0.3 is 15.0 Å². The number of carbonyl (C=O) groups excluding carboxylic acids is 2. The Balaban J connectivity index is 1.57. The highest BCUT2D eigenvalue weighted by molar-refractivity contribution is 9.10. The fourth-order valence-electron chi connectivity index (χ4n) is 2.79. The lowest BCUT2D eigenvalue weighted by molar-refractivity contribution is -0.120. The Kier molecular flexibility index (Phi) is 4.37. The summed E-state index contributed by atoms with van der Waals surface area (Å²) >= 11 is 4.74. The van der Waals surface area contributed by atoms with Crippen LogP contribution in [0.4, 0.5) is 5.69 Å². The van der Waals surface area contributed by atoms with Gasteiger partial charge in [0.05, 0.1) is 15.9 Å². The highest BCUT2D eigenvalue weighted by Crippen LogP contribution is 2.31. The van der Waals surface area contributed by atoms with Gasteiger partial charge in [-0.1, -0.05) is 18.2 Å². The Morgan fingerprint density at radius 2 is 2.12 bits per heavy atom. The highest BCUT2D eigenvalue weighted by atomic mass is 79.9. The number of rotatable bonds is 2. The fourth-order valence-corrected chi connectivity index (χ4v) is 4.26. The van der Waals surface area contributed by atoms with E-state index in [1.807, 2.05) is 36.4 Å². The minimum Gasteiger partial charge on any atom is -0.489 e. The predicted octanol–water partition coefficient (Wildman–Crippen LogP) is 3.21. The molecule has 1 atom stereocenters. The first kappa shape index (κ1) is 17.0. The van der Waals surface area contributed by atoms with Gasteiger partial charge >= 0.3 is 0 Å². The number of nitrogens with zero attached hydrogens (tertiary/aromatic N) is 2. The molecule has 1 aliphatic rings. The first-order valence-electron chi connectivity index (χ1n) is 7.90. The molecular formula is C18H14BrN3O3S. The second-order valence-corrected chi connectivity index (χ2v) is 7.66. The predicted molar refractivity (Wildman–Crippen MR) is 104 cm³/mol. The number of fused-ring (bicyclic) bond motifs is 2. The molecule has 1 N–H and O–H groups in total. The van der Waals surface area contributed by atoms with Crippen molar-refractivity contribution in [2.24, 2.45) is 0 Å². The molecule has 1 aromatic heterocycles.